The van der Waals surface area contributed by atoms with Crippen LogP contribution in [0.15, 0.2) is 91.0 Å². The second-order valence-corrected chi connectivity index (χ2v) is 7.45. The first-order valence-corrected chi connectivity index (χ1v) is 9.84. The molecule has 2 heteroatoms. The predicted molar refractivity (Wildman–Crippen MR) is 116 cm³/mol. The van der Waals surface area contributed by atoms with Crippen LogP contribution in [0.5, 0.6) is 0 Å². The van der Waals surface area contributed by atoms with E-state index in [0.29, 0.717) is 0 Å². The van der Waals surface area contributed by atoms with Crippen LogP contribution in [0.1, 0.15) is 5.56 Å². The molecular weight excluding hydrogens is 340 g/mol. The van der Waals surface area contributed by atoms with E-state index < -0.39 is 0 Å². The lowest BCUT2D eigenvalue weighted by Gasteiger charge is -2.20. The summed E-state index contributed by atoms with van der Waals surface area (Å²) in [6, 6.07) is 32.5. The molecule has 0 fully saturated rings. The number of aryl methyl sites for hydroxylation is 1. The molecule has 0 amide bonds. The Morgan fingerprint density at radius 3 is 2.18 bits per heavy atom. The highest BCUT2D eigenvalue weighted by Crippen LogP contribution is 2.44. The van der Waals surface area contributed by atoms with Crippen LogP contribution in [0.3, 0.4) is 0 Å². The number of rotatable bonds is 2. The maximum atomic E-state index is 3.73. The van der Waals surface area contributed by atoms with E-state index in [-0.39, 0.29) is 0 Å². The Balaban J connectivity index is 1.69. The van der Waals surface area contributed by atoms with E-state index in [9.17, 15) is 0 Å². The molecule has 0 saturated carbocycles. The molecule has 1 N–H and O–H groups in total. The first-order valence-electron chi connectivity index (χ1n) is 9.84. The zero-order chi connectivity index (χ0) is 18.5. The summed E-state index contributed by atoms with van der Waals surface area (Å²) in [7, 11) is 0. The van der Waals surface area contributed by atoms with E-state index >= 15 is 0 Å². The molecule has 0 aliphatic carbocycles. The van der Waals surface area contributed by atoms with Gasteiger partial charge in [0, 0.05) is 28.7 Å². The summed E-state index contributed by atoms with van der Waals surface area (Å²) in [4.78, 5) is 3.73. The van der Waals surface area contributed by atoms with Gasteiger partial charge in [0.2, 0.25) is 0 Å². The molecule has 3 heterocycles. The fourth-order valence-corrected chi connectivity index (χ4v) is 4.62. The first-order chi connectivity index (χ1) is 13.9. The summed E-state index contributed by atoms with van der Waals surface area (Å²) in [5.41, 5.74) is 10.4. The Labute approximate surface area is 164 Å². The zero-order valence-electron chi connectivity index (χ0n) is 15.5. The highest BCUT2D eigenvalue weighted by Gasteiger charge is 2.27. The van der Waals surface area contributed by atoms with E-state index in [1.807, 2.05) is 0 Å². The SMILES string of the molecule is c1ccc(-c2cc(-c3ccccc3)n3c2-c2[nH]c4ccccc4c2CC3)cc1. The van der Waals surface area contributed by atoms with Gasteiger partial charge in [0.1, 0.15) is 0 Å². The normalized spacial score (nSPS) is 12.7. The lowest BCUT2D eigenvalue weighted by molar-refractivity contribution is 0.697. The maximum absolute atomic E-state index is 3.73. The van der Waals surface area contributed by atoms with Gasteiger partial charge in [-0.2, -0.15) is 0 Å². The summed E-state index contributed by atoms with van der Waals surface area (Å²) >= 11 is 0. The molecule has 0 atom stereocenters. The van der Waals surface area contributed by atoms with Crippen molar-refractivity contribution in [1.82, 2.24) is 9.55 Å². The van der Waals surface area contributed by atoms with Gasteiger partial charge in [-0.25, -0.2) is 0 Å². The van der Waals surface area contributed by atoms with Crippen molar-refractivity contribution < 1.29 is 0 Å². The number of H-pyrrole nitrogens is 1. The minimum absolute atomic E-state index is 1.00. The largest absolute Gasteiger partial charge is 0.353 e. The van der Waals surface area contributed by atoms with Gasteiger partial charge in [-0.1, -0.05) is 78.9 Å². The fourth-order valence-electron chi connectivity index (χ4n) is 4.62. The standard InChI is InChI=1S/C26H20N2/c1-3-9-18(10-4-1)22-17-24(19-11-5-2-6-12-19)28-16-15-21-20-13-7-8-14-23(20)27-25(21)26(22)28/h1-14,17,27H,15-16H2. The third kappa shape index (κ3) is 2.21. The van der Waals surface area contributed by atoms with Crippen LogP contribution in [-0.2, 0) is 13.0 Å². The van der Waals surface area contributed by atoms with Crippen molar-refractivity contribution in [2.45, 2.75) is 13.0 Å². The average Bonchev–Trinajstić information content (AvgIpc) is 3.34. The van der Waals surface area contributed by atoms with Crippen molar-refractivity contribution in [3.63, 3.8) is 0 Å². The van der Waals surface area contributed by atoms with Gasteiger partial charge in [0.15, 0.2) is 0 Å². The molecule has 28 heavy (non-hydrogen) atoms. The predicted octanol–water partition coefficient (Wildman–Crippen LogP) is 6.53. The van der Waals surface area contributed by atoms with Crippen LogP contribution in [0.4, 0.5) is 0 Å². The molecule has 3 aromatic carbocycles. The molecular formula is C26H20N2. The molecule has 0 saturated heterocycles. The number of nitrogens with one attached hydrogen (secondary N) is 1. The second-order valence-electron chi connectivity index (χ2n) is 7.45. The van der Waals surface area contributed by atoms with Gasteiger partial charge in [0.05, 0.1) is 11.4 Å². The summed E-state index contributed by atoms with van der Waals surface area (Å²) < 4.78 is 2.50. The van der Waals surface area contributed by atoms with Gasteiger partial charge in [-0.05, 0) is 35.2 Å². The molecule has 0 bridgehead atoms. The van der Waals surface area contributed by atoms with Crippen LogP contribution < -0.4 is 0 Å². The zero-order valence-corrected chi connectivity index (χ0v) is 15.5. The van der Waals surface area contributed by atoms with Crippen LogP contribution in [0.2, 0.25) is 0 Å². The Morgan fingerprint density at radius 1 is 0.714 bits per heavy atom. The van der Waals surface area contributed by atoms with Crippen LogP contribution in [-0.4, -0.2) is 9.55 Å². The fraction of sp³-hybridized carbons (Fsp3) is 0.0769. The minimum atomic E-state index is 1.00. The van der Waals surface area contributed by atoms with Crippen LogP contribution >= 0.6 is 0 Å². The lowest BCUT2D eigenvalue weighted by atomic mass is 9.98. The first kappa shape index (κ1) is 15.5. The Hall–Kier alpha value is -3.52. The molecule has 5 aromatic rings. The Morgan fingerprint density at radius 2 is 1.39 bits per heavy atom. The maximum Gasteiger partial charge on any atom is 0.0733 e. The second kappa shape index (κ2) is 6.00. The Kier molecular flexibility index (Phi) is 3.33. The topological polar surface area (TPSA) is 20.7 Å². The van der Waals surface area contributed by atoms with Crippen molar-refractivity contribution in [1.29, 1.82) is 0 Å². The van der Waals surface area contributed by atoms with E-state index in [1.165, 1.54) is 50.2 Å². The third-order valence-electron chi connectivity index (χ3n) is 5.89. The lowest BCUT2D eigenvalue weighted by Crippen LogP contribution is -2.11. The summed E-state index contributed by atoms with van der Waals surface area (Å²) in [5, 5.41) is 1.35. The van der Waals surface area contributed by atoms with Crippen molar-refractivity contribution in [3.05, 3.63) is 96.6 Å². The van der Waals surface area contributed by atoms with Crippen molar-refractivity contribution in [2.75, 3.05) is 0 Å². The van der Waals surface area contributed by atoms with Crippen LogP contribution in [0, 0.1) is 0 Å². The molecule has 2 nitrogen and oxygen atoms in total. The number of hydrogen-bond acceptors (Lipinski definition) is 0. The minimum Gasteiger partial charge on any atom is -0.353 e. The molecule has 0 unspecified atom stereocenters. The molecule has 0 spiro atoms. The van der Waals surface area contributed by atoms with Crippen LogP contribution in [0.25, 0.3) is 44.7 Å². The van der Waals surface area contributed by atoms with Crippen molar-refractivity contribution in [2.24, 2.45) is 0 Å². The summed E-state index contributed by atoms with van der Waals surface area (Å²) in [6.45, 7) is 1.00. The van der Waals surface area contributed by atoms with Crippen molar-refractivity contribution in [3.8, 4) is 33.8 Å². The monoisotopic (exact) mass is 360 g/mol. The number of para-hydroxylation sites is 1. The molecule has 1 aliphatic rings. The molecule has 134 valence electrons. The highest BCUT2D eigenvalue weighted by atomic mass is 15.0. The third-order valence-corrected chi connectivity index (χ3v) is 5.89. The summed E-state index contributed by atoms with van der Waals surface area (Å²) in [5.74, 6) is 0. The number of benzene rings is 3. The number of nitrogens with zero attached hydrogens (tertiary/aromatic N) is 1. The number of aromatic amines is 1. The van der Waals surface area contributed by atoms with E-state index in [2.05, 4.69) is 101 Å². The van der Waals surface area contributed by atoms with Gasteiger partial charge in [-0.15, -0.1) is 0 Å². The quantitative estimate of drug-likeness (QED) is 0.370. The van der Waals surface area contributed by atoms with E-state index in [1.54, 1.807) is 0 Å². The van der Waals surface area contributed by atoms with Gasteiger partial charge in [-0.3, -0.25) is 0 Å². The highest BCUT2D eigenvalue weighted by molar-refractivity contribution is 5.96. The number of fused-ring (bicyclic) bond motifs is 5. The summed E-state index contributed by atoms with van der Waals surface area (Å²) in [6.07, 6.45) is 1.05. The average molecular weight is 360 g/mol. The number of aromatic nitrogens is 2. The number of hydrogen-bond donors (Lipinski definition) is 1. The van der Waals surface area contributed by atoms with Gasteiger partial charge >= 0.3 is 0 Å². The molecule has 2 aromatic heterocycles. The van der Waals surface area contributed by atoms with Gasteiger partial charge < -0.3 is 9.55 Å². The molecule has 1 aliphatic heterocycles. The van der Waals surface area contributed by atoms with E-state index in [4.69, 9.17) is 0 Å². The Bertz CT molecular complexity index is 1290. The van der Waals surface area contributed by atoms with Gasteiger partial charge in [0.25, 0.3) is 0 Å². The molecule has 0 radical (unpaired) electrons. The smallest absolute Gasteiger partial charge is 0.0733 e. The molecule has 6 rings (SSSR count). The van der Waals surface area contributed by atoms with E-state index in [0.717, 1.165) is 13.0 Å². The van der Waals surface area contributed by atoms with Crippen molar-refractivity contribution >= 4 is 10.9 Å².